The second-order valence-corrected chi connectivity index (χ2v) is 17.6. The number of anilines is 2. The molecule has 4 fully saturated rings. The number of hydrogen-bond donors (Lipinski definition) is 4. The van der Waals surface area contributed by atoms with Crippen LogP contribution in [0.4, 0.5) is 20.4 Å². The van der Waals surface area contributed by atoms with Crippen LogP contribution in [0, 0.1) is 0 Å². The van der Waals surface area contributed by atoms with Crippen LogP contribution in [0.15, 0.2) is 64.4 Å². The van der Waals surface area contributed by atoms with Gasteiger partial charge in [-0.25, -0.2) is 32.6 Å². The summed E-state index contributed by atoms with van der Waals surface area (Å²) in [6.45, 7) is 1.30. The number of carbonyl (C=O) groups is 1. The van der Waals surface area contributed by atoms with E-state index in [9.17, 15) is 32.8 Å². The molecule has 0 radical (unpaired) electrons. The first-order chi connectivity index (χ1) is 24.6. The lowest BCUT2D eigenvalue weighted by molar-refractivity contribution is -0.146. The van der Waals surface area contributed by atoms with E-state index in [1.165, 1.54) is 31.5 Å². The van der Waals surface area contributed by atoms with Gasteiger partial charge in [-0.05, 0) is 24.6 Å². The Balaban J connectivity index is 0.000000198. The molecule has 0 aliphatic carbocycles. The molecule has 6 N–H and O–H groups in total. The Morgan fingerprint density at radius 1 is 0.942 bits per heavy atom. The van der Waals surface area contributed by atoms with E-state index in [0.29, 0.717) is 0 Å². The van der Waals surface area contributed by atoms with Crippen LogP contribution in [-0.2, 0) is 43.4 Å². The van der Waals surface area contributed by atoms with Crippen molar-refractivity contribution in [1.82, 2.24) is 24.2 Å². The Bertz CT molecular complexity index is 2000. The average molecular weight is 808 g/mol. The van der Waals surface area contributed by atoms with Crippen LogP contribution >= 0.6 is 39.1 Å². The van der Waals surface area contributed by atoms with Crippen LogP contribution < -0.4 is 27.9 Å². The monoisotopic (exact) mass is 807 g/mol. The Hall–Kier alpha value is -3.17. The fourth-order valence-electron chi connectivity index (χ4n) is 5.52. The molecule has 282 valence electrons. The number of alkyl halides is 2. The lowest BCUT2D eigenvalue weighted by atomic mass is 10.1. The molecule has 2 aromatic heterocycles. The lowest BCUT2D eigenvalue weighted by Gasteiger charge is -2.33. The Morgan fingerprint density at radius 2 is 1.46 bits per heavy atom. The zero-order valence-electron chi connectivity index (χ0n) is 27.0. The molecule has 3 aromatic rings. The second kappa shape index (κ2) is 15.7. The number of hydrogen-bond acceptors (Lipinski definition) is 16. The summed E-state index contributed by atoms with van der Waals surface area (Å²) in [5, 5.41) is -0.292. The average Bonchev–Trinajstić information content (AvgIpc) is 3.58. The molecule has 7 rings (SSSR count). The van der Waals surface area contributed by atoms with Gasteiger partial charge in [0.15, 0.2) is 12.3 Å². The van der Waals surface area contributed by atoms with Crippen molar-refractivity contribution in [3.05, 3.63) is 81.4 Å². The fraction of sp³-hybridized carbons (Fsp3) is 0.464. The van der Waals surface area contributed by atoms with Gasteiger partial charge in [0.05, 0.1) is 23.7 Å². The molecular formula is C28H33F2N7O11P2S2. The maximum Gasteiger partial charge on any atom is 0.472 e. The molecule has 11 atom stereocenters. The molecule has 4 aliphatic heterocycles. The minimum absolute atomic E-state index is 0.0310. The molecule has 0 bridgehead atoms. The molecule has 2 unspecified atom stereocenters. The summed E-state index contributed by atoms with van der Waals surface area (Å²) in [6, 6.07) is 10.8. The van der Waals surface area contributed by atoms with Gasteiger partial charge in [0.25, 0.3) is 0 Å². The first-order valence-corrected chi connectivity index (χ1v) is 20.4. The van der Waals surface area contributed by atoms with Crippen molar-refractivity contribution >= 4 is 56.7 Å². The van der Waals surface area contributed by atoms with Crippen LogP contribution in [0.2, 0.25) is 0 Å². The number of rotatable bonds is 7. The first-order valence-electron chi connectivity index (χ1n) is 15.5. The lowest BCUT2D eigenvalue weighted by Crippen LogP contribution is -2.42. The summed E-state index contributed by atoms with van der Waals surface area (Å²) in [4.78, 5) is 52.5. The van der Waals surface area contributed by atoms with Crippen molar-refractivity contribution in [2.24, 2.45) is 0 Å². The summed E-state index contributed by atoms with van der Waals surface area (Å²) in [6.07, 6.45) is -2.79. The summed E-state index contributed by atoms with van der Waals surface area (Å²) in [5.74, 6) is -0.585. The number of benzene rings is 1. The largest absolute Gasteiger partial charge is 0.472 e. The van der Waals surface area contributed by atoms with Crippen molar-refractivity contribution in [1.29, 1.82) is 0 Å². The maximum absolute atomic E-state index is 15.2. The molecule has 0 spiro atoms. The van der Waals surface area contributed by atoms with Gasteiger partial charge in [0, 0.05) is 12.4 Å². The van der Waals surface area contributed by atoms with Crippen LogP contribution in [0.1, 0.15) is 23.2 Å². The number of carbonyl (C=O) groups excluding carboxylic acids is 1. The van der Waals surface area contributed by atoms with E-state index in [4.69, 9.17) is 29.8 Å². The molecule has 1 aromatic carbocycles. The zero-order chi connectivity index (χ0) is 37.4. The summed E-state index contributed by atoms with van der Waals surface area (Å²) in [5.41, 5.74) is 10.3. The van der Waals surface area contributed by atoms with E-state index in [2.05, 4.69) is 19.6 Å². The quantitative estimate of drug-likeness (QED) is 0.197. The molecule has 4 aliphatic rings. The van der Waals surface area contributed by atoms with Gasteiger partial charge >= 0.3 is 32.9 Å². The van der Waals surface area contributed by atoms with Gasteiger partial charge in [-0.3, -0.25) is 32.0 Å². The number of nitrogens with two attached hydrogens (primary N) is 2. The Labute approximate surface area is 302 Å². The third-order valence-corrected chi connectivity index (χ3v) is 13.8. The summed E-state index contributed by atoms with van der Waals surface area (Å²) >= 11 is 2.23. The van der Waals surface area contributed by atoms with E-state index in [1.807, 2.05) is 18.2 Å². The number of nitrogen functional groups attached to an aromatic ring is 2. The van der Waals surface area contributed by atoms with Crippen LogP contribution in [-0.4, -0.2) is 84.3 Å². The number of esters is 1. The molecule has 0 amide bonds. The Morgan fingerprint density at radius 3 is 2.00 bits per heavy atom. The number of phosphoric acid groups is 1. The van der Waals surface area contributed by atoms with E-state index >= 15 is 4.39 Å². The van der Waals surface area contributed by atoms with Crippen LogP contribution in [0.5, 0.6) is 0 Å². The third-order valence-electron chi connectivity index (χ3n) is 8.04. The summed E-state index contributed by atoms with van der Waals surface area (Å²) in [7, 11) is -8.20. The number of halogens is 2. The van der Waals surface area contributed by atoms with Gasteiger partial charge < -0.3 is 21.1 Å². The highest BCUT2D eigenvalue weighted by Gasteiger charge is 2.55. The number of fused-ring (bicyclic) bond motifs is 2. The first kappa shape index (κ1) is 38.6. The number of nitrogens with zero attached hydrogens (tertiary/aromatic N) is 4. The second-order valence-electron chi connectivity index (χ2n) is 11.7. The molecule has 18 nitrogen and oxygen atoms in total. The van der Waals surface area contributed by atoms with Crippen molar-refractivity contribution in [3.63, 3.8) is 0 Å². The van der Waals surface area contributed by atoms with Crippen molar-refractivity contribution < 1.29 is 50.4 Å². The number of thioether (sulfide) groups is 2. The van der Waals surface area contributed by atoms with Crippen LogP contribution in [0.25, 0.3) is 0 Å². The number of phosphoric ester groups is 1. The van der Waals surface area contributed by atoms with E-state index in [-0.39, 0.29) is 31.5 Å². The van der Waals surface area contributed by atoms with Gasteiger partial charge in [0.2, 0.25) is 0 Å². The molecule has 4 saturated heterocycles. The van der Waals surface area contributed by atoms with Crippen molar-refractivity contribution in [3.8, 4) is 0 Å². The zero-order valence-corrected chi connectivity index (χ0v) is 30.4. The minimum atomic E-state index is -4.21. The van der Waals surface area contributed by atoms with Gasteiger partial charge in [-0.1, -0.05) is 30.3 Å². The number of nitrogens with one attached hydrogen (secondary N) is 1. The van der Waals surface area contributed by atoms with Crippen molar-refractivity contribution in [2.75, 3.05) is 24.7 Å². The highest BCUT2D eigenvalue weighted by atomic mass is 32.2. The fourth-order valence-corrected chi connectivity index (χ4v) is 11.5. The topological polar surface area (TPSA) is 251 Å². The molecule has 0 saturated carbocycles. The highest BCUT2D eigenvalue weighted by Crippen LogP contribution is 2.58. The molecule has 6 heterocycles. The predicted molar refractivity (Wildman–Crippen MR) is 184 cm³/mol. The SMILES string of the molecule is C[C@H](NP1(=O)OC[C@H]2S[C@@H](n3ccc(N)nc3=O)[C@@H](F)[C@@H]2O1)C(=O)OCc1ccccc1.Nc1ccn([C@@H]2S[C@@H]3COP(=O)(O)O[C@H]3[C@@H]2F)c(=O)n1. The Kier molecular flexibility index (Phi) is 11.6. The number of aromatic nitrogens is 4. The van der Waals surface area contributed by atoms with Crippen LogP contribution in [0.3, 0.4) is 0 Å². The van der Waals surface area contributed by atoms with E-state index in [0.717, 1.165) is 38.2 Å². The molecular weight excluding hydrogens is 774 g/mol. The van der Waals surface area contributed by atoms with Gasteiger partial charge in [-0.2, -0.15) is 9.97 Å². The van der Waals surface area contributed by atoms with E-state index in [1.54, 1.807) is 12.1 Å². The standard InChI is InChI=1S/C19H22FN4O6PS.C9H11FN3O5PS/c1-11(18(25)28-9-12-5-3-2-4-6-12)23-31(27)29-10-13-16(30-31)15(20)17(32-13)24-8-7-14(21)22-19(24)26;10-6-7-4(3-17-19(15,16)18-7)20-8(6)13-2-1-5(11)12-9(13)14/h2-8,11,13,15-17H,9-10H2,1H3,(H,23,27)(H2,21,22,26);1-2,4,6-8H,3H2,(H,15,16)(H2,11,12,14)/t11-,13+,15-,16+,17+,31?;4-,6+,7-,8-/m01/s1. The van der Waals surface area contributed by atoms with Gasteiger partial charge in [0.1, 0.15) is 47.2 Å². The molecule has 24 heteroatoms. The third kappa shape index (κ3) is 8.62. The number of ether oxygens (including phenoxy) is 1. The highest BCUT2D eigenvalue weighted by molar-refractivity contribution is 8.00. The van der Waals surface area contributed by atoms with Gasteiger partial charge in [-0.15, -0.1) is 23.5 Å². The molecule has 52 heavy (non-hydrogen) atoms. The normalized spacial score (nSPS) is 34.3. The van der Waals surface area contributed by atoms with Crippen molar-refractivity contribution in [2.45, 2.75) is 65.4 Å². The predicted octanol–water partition coefficient (Wildman–Crippen LogP) is 2.32. The summed E-state index contributed by atoms with van der Waals surface area (Å²) < 4.78 is 81.5. The minimum Gasteiger partial charge on any atom is -0.460 e. The van der Waals surface area contributed by atoms with E-state index < -0.39 is 84.8 Å². The maximum atomic E-state index is 15.2. The smallest absolute Gasteiger partial charge is 0.460 e.